The number of aliphatic hydroxyl groups excluding tert-OH is 1. The first kappa shape index (κ1) is 16.9. The fourth-order valence-corrected chi connectivity index (χ4v) is 2.76. The van der Waals surface area contributed by atoms with Crippen molar-refractivity contribution in [3.05, 3.63) is 31.8 Å². The normalized spacial score (nSPS) is 11.4. The van der Waals surface area contributed by atoms with Gasteiger partial charge < -0.3 is 10.4 Å². The van der Waals surface area contributed by atoms with E-state index in [0.717, 1.165) is 20.9 Å². The average Bonchev–Trinajstić information content (AvgIpc) is 2.43. The topological polar surface area (TPSA) is 49.3 Å². The van der Waals surface area contributed by atoms with E-state index in [-0.39, 0.29) is 17.9 Å². The molecule has 0 aliphatic rings. The smallest absolute Gasteiger partial charge is 0.252 e. The summed E-state index contributed by atoms with van der Waals surface area (Å²) in [6.45, 7) is 4.66. The molecule has 0 radical (unpaired) electrons. The summed E-state index contributed by atoms with van der Waals surface area (Å²) in [6, 6.07) is 5.63. The van der Waals surface area contributed by atoms with Gasteiger partial charge in [-0.3, -0.25) is 4.79 Å². The minimum Gasteiger partial charge on any atom is -0.396 e. The van der Waals surface area contributed by atoms with Gasteiger partial charge in [0.15, 0.2) is 0 Å². The number of carbonyl (C=O) groups excluding carboxylic acids is 1. The van der Waals surface area contributed by atoms with Crippen molar-refractivity contribution in [2.45, 2.75) is 26.7 Å². The second kappa shape index (κ2) is 7.59. The van der Waals surface area contributed by atoms with Gasteiger partial charge in [-0.25, -0.2) is 0 Å². The number of hydrogen-bond donors (Lipinski definition) is 2. The van der Waals surface area contributed by atoms with Gasteiger partial charge in [0.2, 0.25) is 0 Å². The highest BCUT2D eigenvalue weighted by Gasteiger charge is 2.26. The SMILES string of the molecule is CCC(CC)(CO)CNC(=O)c1cc(Br)ccc1I. The number of benzene rings is 1. The molecule has 0 saturated heterocycles. The van der Waals surface area contributed by atoms with Gasteiger partial charge in [-0.2, -0.15) is 0 Å². The Balaban J connectivity index is 2.77. The number of halogens is 2. The van der Waals surface area contributed by atoms with Crippen molar-refractivity contribution in [2.24, 2.45) is 5.41 Å². The van der Waals surface area contributed by atoms with E-state index in [9.17, 15) is 9.90 Å². The molecule has 0 saturated carbocycles. The second-order valence-electron chi connectivity index (χ2n) is 4.67. The maximum atomic E-state index is 12.2. The van der Waals surface area contributed by atoms with Gasteiger partial charge in [-0.15, -0.1) is 0 Å². The highest BCUT2D eigenvalue weighted by atomic mass is 127. The molecule has 2 N–H and O–H groups in total. The Hall–Kier alpha value is -0.140. The maximum Gasteiger partial charge on any atom is 0.252 e. The average molecular weight is 440 g/mol. The summed E-state index contributed by atoms with van der Waals surface area (Å²) in [4.78, 5) is 12.2. The van der Waals surface area contributed by atoms with Gasteiger partial charge in [-0.1, -0.05) is 29.8 Å². The monoisotopic (exact) mass is 439 g/mol. The van der Waals surface area contributed by atoms with Crippen molar-refractivity contribution in [1.82, 2.24) is 5.32 Å². The third kappa shape index (κ3) is 4.43. The van der Waals surface area contributed by atoms with Crippen LogP contribution in [0, 0.1) is 8.99 Å². The van der Waals surface area contributed by atoms with Crippen LogP contribution in [0.3, 0.4) is 0 Å². The van der Waals surface area contributed by atoms with E-state index in [1.54, 1.807) is 0 Å². The van der Waals surface area contributed by atoms with Gasteiger partial charge in [0, 0.05) is 20.0 Å². The molecule has 0 spiro atoms. The van der Waals surface area contributed by atoms with Crippen LogP contribution in [-0.2, 0) is 0 Å². The van der Waals surface area contributed by atoms with Gasteiger partial charge in [-0.05, 0) is 53.6 Å². The lowest BCUT2D eigenvalue weighted by Crippen LogP contribution is -2.39. The van der Waals surface area contributed by atoms with E-state index >= 15 is 0 Å². The molecule has 1 rings (SSSR count). The molecule has 0 aliphatic heterocycles. The van der Waals surface area contributed by atoms with Gasteiger partial charge in [0.25, 0.3) is 5.91 Å². The highest BCUT2D eigenvalue weighted by Crippen LogP contribution is 2.25. The lowest BCUT2D eigenvalue weighted by molar-refractivity contribution is 0.0850. The molecule has 1 aromatic rings. The first-order valence-electron chi connectivity index (χ1n) is 6.32. The summed E-state index contributed by atoms with van der Waals surface area (Å²) in [5, 5.41) is 12.4. The quantitative estimate of drug-likeness (QED) is 0.665. The number of aliphatic hydroxyl groups is 1. The molecule has 0 aromatic heterocycles. The number of hydrogen-bond acceptors (Lipinski definition) is 2. The van der Waals surface area contributed by atoms with Crippen LogP contribution in [0.1, 0.15) is 37.0 Å². The molecule has 1 amide bonds. The Kier molecular flexibility index (Phi) is 6.76. The van der Waals surface area contributed by atoms with E-state index in [1.165, 1.54) is 0 Å². The Morgan fingerprint density at radius 1 is 1.42 bits per heavy atom. The number of carbonyl (C=O) groups is 1. The van der Waals surface area contributed by atoms with Crippen molar-refractivity contribution in [3.63, 3.8) is 0 Å². The van der Waals surface area contributed by atoms with E-state index in [2.05, 4.69) is 43.8 Å². The molecule has 0 unspecified atom stereocenters. The summed E-state index contributed by atoms with van der Waals surface area (Å²) in [5.74, 6) is -0.0922. The number of rotatable bonds is 6. The predicted molar refractivity (Wildman–Crippen MR) is 89.3 cm³/mol. The fourth-order valence-electron chi connectivity index (χ4n) is 1.81. The molecule has 0 fully saturated rings. The number of nitrogens with one attached hydrogen (secondary N) is 1. The van der Waals surface area contributed by atoms with Crippen molar-refractivity contribution in [3.8, 4) is 0 Å². The Bertz CT molecular complexity index is 439. The van der Waals surface area contributed by atoms with Crippen LogP contribution < -0.4 is 5.32 Å². The third-order valence-corrected chi connectivity index (χ3v) is 5.07. The standard InChI is InChI=1S/C14H19BrINO2/c1-3-14(4-2,9-18)8-17-13(19)11-7-10(15)5-6-12(11)16/h5-7,18H,3-4,8-9H2,1-2H3,(H,17,19). The lowest BCUT2D eigenvalue weighted by atomic mass is 9.83. The summed E-state index contributed by atoms with van der Waals surface area (Å²) >= 11 is 5.52. The molecule has 3 nitrogen and oxygen atoms in total. The van der Waals surface area contributed by atoms with Crippen LogP contribution in [0.2, 0.25) is 0 Å². The predicted octanol–water partition coefficient (Wildman–Crippen LogP) is 3.58. The Morgan fingerprint density at radius 2 is 2.05 bits per heavy atom. The zero-order valence-electron chi connectivity index (χ0n) is 11.2. The van der Waals surface area contributed by atoms with Crippen LogP contribution in [0.4, 0.5) is 0 Å². The minimum atomic E-state index is -0.215. The van der Waals surface area contributed by atoms with E-state index in [0.29, 0.717) is 12.1 Å². The lowest BCUT2D eigenvalue weighted by Gasteiger charge is -2.29. The van der Waals surface area contributed by atoms with Crippen LogP contribution >= 0.6 is 38.5 Å². The van der Waals surface area contributed by atoms with Crippen LogP contribution in [0.5, 0.6) is 0 Å². The van der Waals surface area contributed by atoms with E-state index in [1.807, 2.05) is 32.0 Å². The molecule has 106 valence electrons. The fraction of sp³-hybridized carbons (Fsp3) is 0.500. The molecule has 19 heavy (non-hydrogen) atoms. The first-order chi connectivity index (χ1) is 8.98. The zero-order chi connectivity index (χ0) is 14.5. The largest absolute Gasteiger partial charge is 0.396 e. The molecule has 0 atom stereocenters. The van der Waals surface area contributed by atoms with Crippen LogP contribution in [-0.4, -0.2) is 24.2 Å². The molecule has 0 bridgehead atoms. The van der Waals surface area contributed by atoms with Crippen LogP contribution in [0.25, 0.3) is 0 Å². The van der Waals surface area contributed by atoms with E-state index < -0.39 is 0 Å². The molecule has 5 heteroatoms. The van der Waals surface area contributed by atoms with Crippen molar-refractivity contribution < 1.29 is 9.90 Å². The zero-order valence-corrected chi connectivity index (χ0v) is 14.9. The molecular formula is C14H19BrINO2. The first-order valence-corrected chi connectivity index (χ1v) is 8.19. The third-order valence-electron chi connectivity index (χ3n) is 3.63. The minimum absolute atomic E-state index is 0.0922. The summed E-state index contributed by atoms with van der Waals surface area (Å²) < 4.78 is 1.80. The van der Waals surface area contributed by atoms with Crippen LogP contribution in [0.15, 0.2) is 22.7 Å². The maximum absolute atomic E-state index is 12.2. The van der Waals surface area contributed by atoms with Crippen molar-refractivity contribution in [2.75, 3.05) is 13.2 Å². The number of amides is 1. The summed E-state index contributed by atoms with van der Waals surface area (Å²) in [5.41, 5.74) is 0.446. The van der Waals surface area contributed by atoms with E-state index in [4.69, 9.17) is 0 Å². The second-order valence-corrected chi connectivity index (χ2v) is 6.75. The van der Waals surface area contributed by atoms with Crippen molar-refractivity contribution >= 4 is 44.4 Å². The molecular weight excluding hydrogens is 421 g/mol. The van der Waals surface area contributed by atoms with Crippen molar-refractivity contribution in [1.29, 1.82) is 0 Å². The molecule has 0 aliphatic carbocycles. The highest BCUT2D eigenvalue weighted by molar-refractivity contribution is 14.1. The van der Waals surface area contributed by atoms with Gasteiger partial charge in [0.05, 0.1) is 12.2 Å². The van der Waals surface area contributed by atoms with Gasteiger partial charge >= 0.3 is 0 Å². The van der Waals surface area contributed by atoms with Gasteiger partial charge in [0.1, 0.15) is 0 Å². The summed E-state index contributed by atoms with van der Waals surface area (Å²) in [7, 11) is 0. The molecule has 1 aromatic carbocycles. The molecule has 0 heterocycles. The Labute approximate surface area is 136 Å². The Morgan fingerprint density at radius 3 is 2.58 bits per heavy atom. The summed E-state index contributed by atoms with van der Waals surface area (Å²) in [6.07, 6.45) is 1.69.